The van der Waals surface area contributed by atoms with Crippen molar-refractivity contribution in [3.8, 4) is 0 Å². The molecule has 1 aliphatic rings. The number of nitrogens with one attached hydrogen (secondary N) is 3. The summed E-state index contributed by atoms with van der Waals surface area (Å²) in [6.07, 6.45) is 4.86. The lowest BCUT2D eigenvalue weighted by Crippen LogP contribution is -2.52. The number of aromatic amines is 1. The van der Waals surface area contributed by atoms with Crippen molar-refractivity contribution in [2.75, 3.05) is 45.2 Å². The van der Waals surface area contributed by atoms with Crippen LogP contribution in [0.5, 0.6) is 0 Å². The van der Waals surface area contributed by atoms with Gasteiger partial charge >= 0.3 is 0 Å². The van der Waals surface area contributed by atoms with Gasteiger partial charge in [0.1, 0.15) is 29.4 Å². The van der Waals surface area contributed by atoms with Crippen molar-refractivity contribution in [1.29, 1.82) is 0 Å². The molecular formula is C24H40N8O2. The third kappa shape index (κ3) is 6.73. The van der Waals surface area contributed by atoms with E-state index in [1.807, 2.05) is 4.90 Å². The van der Waals surface area contributed by atoms with Crippen molar-refractivity contribution >= 4 is 11.7 Å². The second kappa shape index (κ2) is 11.7. The fourth-order valence-corrected chi connectivity index (χ4v) is 4.18. The van der Waals surface area contributed by atoms with Crippen molar-refractivity contribution in [1.82, 2.24) is 35.4 Å². The van der Waals surface area contributed by atoms with E-state index < -0.39 is 0 Å². The van der Waals surface area contributed by atoms with Gasteiger partial charge in [0.15, 0.2) is 0 Å². The van der Waals surface area contributed by atoms with Gasteiger partial charge in [-0.3, -0.25) is 9.89 Å². The molecule has 0 bridgehead atoms. The first kappa shape index (κ1) is 26.0. The second-order valence-corrected chi connectivity index (χ2v) is 10.4. The molecule has 0 spiro atoms. The molecule has 0 aliphatic carbocycles. The molecule has 1 amide bonds. The van der Waals surface area contributed by atoms with Gasteiger partial charge in [-0.05, 0) is 18.8 Å². The number of piperidine rings is 1. The van der Waals surface area contributed by atoms with Crippen LogP contribution in [-0.4, -0.2) is 81.9 Å². The molecule has 2 atom stereocenters. The zero-order valence-electron chi connectivity index (χ0n) is 21.4. The lowest BCUT2D eigenvalue weighted by atomic mass is 9.93. The SMILES string of the molecule is COCCCNc1nc(C(C)(C)C)ncc1C(=O)N(CC(C)C)C1CNCC(c2ncn[nH]2)C1. The Morgan fingerprint density at radius 3 is 2.74 bits per heavy atom. The second-order valence-electron chi connectivity index (χ2n) is 10.4. The van der Waals surface area contributed by atoms with Gasteiger partial charge in [-0.15, -0.1) is 0 Å². The summed E-state index contributed by atoms with van der Waals surface area (Å²) < 4.78 is 5.17. The number of ether oxygens (including phenoxy) is 1. The van der Waals surface area contributed by atoms with Gasteiger partial charge in [-0.25, -0.2) is 15.0 Å². The summed E-state index contributed by atoms with van der Waals surface area (Å²) in [6.45, 7) is 14.0. The highest BCUT2D eigenvalue weighted by Gasteiger charge is 2.34. The maximum atomic E-state index is 14.0. The van der Waals surface area contributed by atoms with Gasteiger partial charge in [0.05, 0.1) is 0 Å². The van der Waals surface area contributed by atoms with Crippen molar-refractivity contribution in [2.24, 2.45) is 5.92 Å². The van der Waals surface area contributed by atoms with E-state index in [4.69, 9.17) is 9.72 Å². The number of methoxy groups -OCH3 is 1. The molecule has 188 valence electrons. The van der Waals surface area contributed by atoms with Crippen LogP contribution in [0, 0.1) is 5.92 Å². The number of hydrogen-bond acceptors (Lipinski definition) is 8. The summed E-state index contributed by atoms with van der Waals surface area (Å²) in [6, 6.07) is 0.0300. The van der Waals surface area contributed by atoms with Crippen molar-refractivity contribution in [3.63, 3.8) is 0 Å². The minimum atomic E-state index is -0.222. The lowest BCUT2D eigenvalue weighted by molar-refractivity contribution is 0.0608. The van der Waals surface area contributed by atoms with E-state index in [2.05, 4.69) is 65.4 Å². The van der Waals surface area contributed by atoms with Crippen LogP contribution in [0.2, 0.25) is 0 Å². The number of hydrogen-bond donors (Lipinski definition) is 3. The minimum absolute atomic E-state index is 0.0300. The first-order valence-corrected chi connectivity index (χ1v) is 12.2. The third-order valence-corrected chi connectivity index (χ3v) is 5.92. The predicted molar refractivity (Wildman–Crippen MR) is 132 cm³/mol. The summed E-state index contributed by atoms with van der Waals surface area (Å²) in [5.74, 6) is 2.60. The normalized spacial score (nSPS) is 18.8. The van der Waals surface area contributed by atoms with Crippen LogP contribution in [0.1, 0.15) is 75.4 Å². The number of amides is 1. The number of carbonyl (C=O) groups is 1. The first-order chi connectivity index (χ1) is 16.2. The van der Waals surface area contributed by atoms with E-state index in [1.165, 1.54) is 6.33 Å². The zero-order chi connectivity index (χ0) is 24.7. The number of carbonyl (C=O) groups excluding carboxylic acids is 1. The highest BCUT2D eigenvalue weighted by Crippen LogP contribution is 2.27. The summed E-state index contributed by atoms with van der Waals surface area (Å²) >= 11 is 0. The number of aromatic nitrogens is 5. The molecule has 1 saturated heterocycles. The molecule has 10 heteroatoms. The fourth-order valence-electron chi connectivity index (χ4n) is 4.18. The Morgan fingerprint density at radius 1 is 1.29 bits per heavy atom. The Kier molecular flexibility index (Phi) is 8.96. The molecule has 10 nitrogen and oxygen atoms in total. The molecule has 2 aromatic heterocycles. The Labute approximate surface area is 202 Å². The van der Waals surface area contributed by atoms with Gasteiger partial charge < -0.3 is 20.3 Å². The maximum absolute atomic E-state index is 14.0. The molecule has 2 unspecified atom stereocenters. The Hall–Kier alpha value is -2.59. The summed E-state index contributed by atoms with van der Waals surface area (Å²) in [5, 5.41) is 13.8. The van der Waals surface area contributed by atoms with Gasteiger partial charge in [-0.2, -0.15) is 5.10 Å². The van der Waals surface area contributed by atoms with E-state index in [1.54, 1.807) is 13.3 Å². The van der Waals surface area contributed by atoms with Crippen LogP contribution in [-0.2, 0) is 10.2 Å². The minimum Gasteiger partial charge on any atom is -0.385 e. The van der Waals surface area contributed by atoms with Crippen LogP contribution < -0.4 is 10.6 Å². The van der Waals surface area contributed by atoms with Crippen LogP contribution in [0.3, 0.4) is 0 Å². The van der Waals surface area contributed by atoms with E-state index in [-0.39, 0.29) is 23.3 Å². The number of H-pyrrole nitrogens is 1. The highest BCUT2D eigenvalue weighted by atomic mass is 16.5. The molecule has 34 heavy (non-hydrogen) atoms. The summed E-state index contributed by atoms with van der Waals surface area (Å²) in [7, 11) is 1.69. The monoisotopic (exact) mass is 472 g/mol. The number of nitrogens with zero attached hydrogens (tertiary/aromatic N) is 5. The molecule has 2 aromatic rings. The first-order valence-electron chi connectivity index (χ1n) is 12.2. The maximum Gasteiger partial charge on any atom is 0.259 e. The number of anilines is 1. The molecule has 3 rings (SSSR count). The van der Waals surface area contributed by atoms with Crippen LogP contribution in [0.4, 0.5) is 5.82 Å². The van der Waals surface area contributed by atoms with Gasteiger partial charge in [0.2, 0.25) is 0 Å². The van der Waals surface area contributed by atoms with Crippen LogP contribution in [0.15, 0.2) is 12.5 Å². The van der Waals surface area contributed by atoms with E-state index in [0.29, 0.717) is 42.8 Å². The van der Waals surface area contributed by atoms with E-state index in [9.17, 15) is 4.79 Å². The molecule has 3 heterocycles. The summed E-state index contributed by atoms with van der Waals surface area (Å²) in [5.41, 5.74) is 0.285. The standard InChI is InChI=1S/C24H40N8O2/c1-16(2)14-32(18-10-17(11-25-12-18)20-28-15-29-31-20)22(33)19-13-27-23(24(3,4)5)30-21(19)26-8-7-9-34-6/h13,15-18,25H,7-12,14H2,1-6H3,(H,26,27,30)(H,28,29,31). The van der Waals surface area contributed by atoms with Crippen LogP contribution >= 0.6 is 0 Å². The molecule has 0 saturated carbocycles. The zero-order valence-corrected chi connectivity index (χ0v) is 21.4. The van der Waals surface area contributed by atoms with Gasteiger partial charge in [-0.1, -0.05) is 34.6 Å². The molecule has 0 radical (unpaired) electrons. The molecule has 3 N–H and O–H groups in total. The van der Waals surface area contributed by atoms with Gasteiger partial charge in [0, 0.05) is 63.5 Å². The average molecular weight is 473 g/mol. The Morgan fingerprint density at radius 2 is 2.09 bits per heavy atom. The number of rotatable bonds is 10. The summed E-state index contributed by atoms with van der Waals surface area (Å²) in [4.78, 5) is 29.6. The predicted octanol–water partition coefficient (Wildman–Crippen LogP) is 2.58. The van der Waals surface area contributed by atoms with Crippen molar-refractivity contribution in [3.05, 3.63) is 29.7 Å². The third-order valence-electron chi connectivity index (χ3n) is 5.92. The van der Waals surface area contributed by atoms with Crippen molar-refractivity contribution in [2.45, 2.75) is 64.8 Å². The molecule has 1 aliphatic heterocycles. The quantitative estimate of drug-likeness (QED) is 0.451. The Bertz CT molecular complexity index is 910. The highest BCUT2D eigenvalue weighted by molar-refractivity contribution is 5.98. The van der Waals surface area contributed by atoms with Crippen LogP contribution in [0.25, 0.3) is 0 Å². The molecular weight excluding hydrogens is 432 g/mol. The van der Waals surface area contributed by atoms with E-state index in [0.717, 1.165) is 31.8 Å². The van der Waals surface area contributed by atoms with E-state index >= 15 is 0 Å². The lowest BCUT2D eigenvalue weighted by Gasteiger charge is -2.38. The van der Waals surface area contributed by atoms with Crippen molar-refractivity contribution < 1.29 is 9.53 Å². The molecule has 1 fully saturated rings. The average Bonchev–Trinajstić information content (AvgIpc) is 3.34. The van der Waals surface area contributed by atoms with Gasteiger partial charge in [0.25, 0.3) is 5.91 Å². The topological polar surface area (TPSA) is 121 Å². The Balaban J connectivity index is 1.88. The largest absolute Gasteiger partial charge is 0.385 e. The fraction of sp³-hybridized carbons (Fsp3) is 0.708. The molecule has 0 aromatic carbocycles. The smallest absolute Gasteiger partial charge is 0.259 e.